The molecule has 0 unspecified atom stereocenters. The van der Waals surface area contributed by atoms with Crippen molar-refractivity contribution >= 4 is 11.9 Å². The van der Waals surface area contributed by atoms with Crippen LogP contribution in [-0.4, -0.2) is 24.5 Å². The summed E-state index contributed by atoms with van der Waals surface area (Å²) in [7, 11) is 0. The Kier molecular flexibility index (Phi) is 9.37. The molecule has 0 rings (SSSR count). The number of nitrogens with two attached hydrogens (primary N) is 2. The molecule has 6 nitrogen and oxygen atoms in total. The smallest absolute Gasteiger partial charge is 0.330 e. The Hall–Kier alpha value is -1.14. The van der Waals surface area contributed by atoms with Crippen LogP contribution in [0.25, 0.3) is 0 Å². The Morgan fingerprint density at radius 2 is 1.88 bits per heavy atom. The van der Waals surface area contributed by atoms with Gasteiger partial charge in [0.1, 0.15) is 6.04 Å². The fourth-order valence-electron chi connectivity index (χ4n) is 1.14. The van der Waals surface area contributed by atoms with Gasteiger partial charge in [-0.3, -0.25) is 0 Å². The average Bonchev–Trinajstić information content (AvgIpc) is 2.33. The molecule has 0 saturated heterocycles. The van der Waals surface area contributed by atoms with Gasteiger partial charge in [0.05, 0.1) is 6.42 Å². The molecule has 0 radical (unpaired) electrons. The second kappa shape index (κ2) is 10.0. The van der Waals surface area contributed by atoms with Gasteiger partial charge < -0.3 is 11.5 Å². The quantitative estimate of drug-likeness (QED) is 0.370. The van der Waals surface area contributed by atoms with Crippen molar-refractivity contribution in [2.24, 2.45) is 11.5 Å². The summed E-state index contributed by atoms with van der Waals surface area (Å²) in [6.07, 6.45) is 3.85. The molecular weight excluding hydrogens is 224 g/mol. The minimum atomic E-state index is -0.763. The molecule has 0 aliphatic rings. The minimum absolute atomic E-state index is 0.242. The zero-order chi connectivity index (χ0) is 13.1. The van der Waals surface area contributed by atoms with Crippen molar-refractivity contribution in [2.75, 3.05) is 6.54 Å². The number of hydrogen-bond acceptors (Lipinski definition) is 6. The van der Waals surface area contributed by atoms with Crippen LogP contribution in [0.3, 0.4) is 0 Å². The van der Waals surface area contributed by atoms with Gasteiger partial charge in [0.2, 0.25) is 0 Å². The normalized spacial score (nSPS) is 11.9. The van der Waals surface area contributed by atoms with Gasteiger partial charge in [-0.2, -0.15) is 0 Å². The lowest BCUT2D eigenvalue weighted by Crippen LogP contribution is -2.33. The van der Waals surface area contributed by atoms with E-state index in [1.807, 2.05) is 6.92 Å². The van der Waals surface area contributed by atoms with Crippen LogP contribution in [0.1, 0.15) is 45.4 Å². The molecular formula is C11H22N2O4. The predicted molar refractivity (Wildman–Crippen MR) is 62.6 cm³/mol. The lowest BCUT2D eigenvalue weighted by atomic mass is 10.1. The maximum atomic E-state index is 11.3. The Balaban J connectivity index is 3.66. The van der Waals surface area contributed by atoms with Crippen molar-refractivity contribution in [1.82, 2.24) is 0 Å². The molecule has 0 aromatic rings. The standard InChI is InChI=1S/C11H22N2O4/c1-2-3-7-10(14)16-17-11(15)9(13)6-4-5-8-12/h9H,2-8,12-13H2,1H3/t9-/m0/s1. The molecule has 0 amide bonds. The number of rotatable bonds is 8. The molecule has 17 heavy (non-hydrogen) atoms. The third-order valence-electron chi connectivity index (χ3n) is 2.22. The number of unbranched alkanes of at least 4 members (excludes halogenated alkanes) is 2. The molecule has 6 heteroatoms. The molecule has 0 saturated carbocycles. The summed E-state index contributed by atoms with van der Waals surface area (Å²) in [5.74, 6) is -1.26. The maximum absolute atomic E-state index is 11.3. The largest absolute Gasteiger partial charge is 0.372 e. The van der Waals surface area contributed by atoms with Crippen LogP contribution < -0.4 is 11.5 Å². The SMILES string of the molecule is CCCCC(=O)OOC(=O)[C@@H](N)CCCCN. The highest BCUT2D eigenvalue weighted by Crippen LogP contribution is 2.02. The minimum Gasteiger partial charge on any atom is -0.330 e. The van der Waals surface area contributed by atoms with Crippen LogP contribution in [0, 0.1) is 0 Å². The Bertz CT molecular complexity index is 234. The fraction of sp³-hybridized carbons (Fsp3) is 0.818. The molecule has 0 aliphatic carbocycles. The molecule has 100 valence electrons. The zero-order valence-corrected chi connectivity index (χ0v) is 10.3. The highest BCUT2D eigenvalue weighted by Gasteiger charge is 2.17. The Morgan fingerprint density at radius 1 is 1.18 bits per heavy atom. The van der Waals surface area contributed by atoms with Gasteiger partial charge in [0.15, 0.2) is 0 Å². The second-order valence-corrected chi connectivity index (χ2v) is 3.85. The van der Waals surface area contributed by atoms with E-state index < -0.39 is 18.0 Å². The predicted octanol–water partition coefficient (Wildman–Crippen LogP) is 0.634. The molecule has 0 spiro atoms. The lowest BCUT2D eigenvalue weighted by Gasteiger charge is -2.09. The molecule has 1 atom stereocenters. The van der Waals surface area contributed by atoms with Crippen molar-refractivity contribution in [3.8, 4) is 0 Å². The number of carbonyl (C=O) groups is 2. The summed E-state index contributed by atoms with van der Waals surface area (Å²) in [6, 6.07) is -0.763. The zero-order valence-electron chi connectivity index (χ0n) is 10.3. The van der Waals surface area contributed by atoms with Gasteiger partial charge in [-0.1, -0.05) is 19.8 Å². The van der Waals surface area contributed by atoms with Gasteiger partial charge in [-0.25, -0.2) is 19.4 Å². The van der Waals surface area contributed by atoms with Gasteiger partial charge in [-0.15, -0.1) is 0 Å². The van der Waals surface area contributed by atoms with Crippen molar-refractivity contribution in [1.29, 1.82) is 0 Å². The van der Waals surface area contributed by atoms with Crippen LogP contribution in [0.4, 0.5) is 0 Å². The highest BCUT2D eigenvalue weighted by molar-refractivity contribution is 5.76. The van der Waals surface area contributed by atoms with Gasteiger partial charge >= 0.3 is 11.9 Å². The monoisotopic (exact) mass is 246 g/mol. The number of carbonyl (C=O) groups excluding carboxylic acids is 2. The molecule has 0 fully saturated rings. The maximum Gasteiger partial charge on any atom is 0.372 e. The van der Waals surface area contributed by atoms with E-state index in [-0.39, 0.29) is 6.42 Å². The van der Waals surface area contributed by atoms with Crippen LogP contribution in [0.2, 0.25) is 0 Å². The average molecular weight is 246 g/mol. The fourth-order valence-corrected chi connectivity index (χ4v) is 1.14. The Morgan fingerprint density at radius 3 is 2.47 bits per heavy atom. The molecule has 0 bridgehead atoms. The first kappa shape index (κ1) is 15.9. The second-order valence-electron chi connectivity index (χ2n) is 3.85. The van der Waals surface area contributed by atoms with Gasteiger partial charge in [-0.05, 0) is 25.8 Å². The first-order chi connectivity index (χ1) is 8.11. The number of hydrogen-bond donors (Lipinski definition) is 2. The van der Waals surface area contributed by atoms with E-state index in [2.05, 4.69) is 9.78 Å². The van der Waals surface area contributed by atoms with E-state index in [4.69, 9.17) is 11.5 Å². The van der Waals surface area contributed by atoms with E-state index in [0.29, 0.717) is 19.4 Å². The molecule has 0 heterocycles. The third-order valence-corrected chi connectivity index (χ3v) is 2.22. The van der Waals surface area contributed by atoms with Crippen molar-refractivity contribution in [2.45, 2.75) is 51.5 Å². The topological polar surface area (TPSA) is 105 Å². The van der Waals surface area contributed by atoms with E-state index >= 15 is 0 Å². The van der Waals surface area contributed by atoms with E-state index in [0.717, 1.165) is 19.3 Å². The van der Waals surface area contributed by atoms with E-state index in [1.165, 1.54) is 0 Å². The van der Waals surface area contributed by atoms with Crippen molar-refractivity contribution < 1.29 is 19.4 Å². The van der Waals surface area contributed by atoms with E-state index in [9.17, 15) is 9.59 Å². The van der Waals surface area contributed by atoms with Crippen LogP contribution in [0.5, 0.6) is 0 Å². The van der Waals surface area contributed by atoms with Crippen molar-refractivity contribution in [3.05, 3.63) is 0 Å². The van der Waals surface area contributed by atoms with Crippen LogP contribution in [-0.2, 0) is 19.4 Å². The first-order valence-electron chi connectivity index (χ1n) is 5.98. The summed E-state index contributed by atoms with van der Waals surface area (Å²) in [5.41, 5.74) is 10.8. The van der Waals surface area contributed by atoms with Crippen LogP contribution >= 0.6 is 0 Å². The van der Waals surface area contributed by atoms with Crippen LogP contribution in [0.15, 0.2) is 0 Å². The third kappa shape index (κ3) is 8.65. The Labute approximate surface area is 102 Å². The first-order valence-corrected chi connectivity index (χ1v) is 5.98. The van der Waals surface area contributed by atoms with E-state index in [1.54, 1.807) is 0 Å². The van der Waals surface area contributed by atoms with Crippen molar-refractivity contribution in [3.63, 3.8) is 0 Å². The van der Waals surface area contributed by atoms with Gasteiger partial charge in [0.25, 0.3) is 0 Å². The summed E-state index contributed by atoms with van der Waals surface area (Å²) in [4.78, 5) is 31.0. The summed E-state index contributed by atoms with van der Waals surface area (Å²) in [6.45, 7) is 2.51. The summed E-state index contributed by atoms with van der Waals surface area (Å²) in [5, 5.41) is 0. The van der Waals surface area contributed by atoms with Gasteiger partial charge in [0, 0.05) is 0 Å². The summed E-state index contributed by atoms with van der Waals surface area (Å²) < 4.78 is 0. The molecule has 0 aromatic carbocycles. The molecule has 4 N–H and O–H groups in total. The molecule has 0 aromatic heterocycles. The highest BCUT2D eigenvalue weighted by atomic mass is 17.2. The molecule has 0 aliphatic heterocycles. The lowest BCUT2D eigenvalue weighted by molar-refractivity contribution is -0.260. The summed E-state index contributed by atoms with van der Waals surface area (Å²) >= 11 is 0.